The van der Waals surface area contributed by atoms with Gasteiger partial charge in [-0.15, -0.1) is 0 Å². The van der Waals surface area contributed by atoms with Crippen LogP contribution in [0.25, 0.3) is 0 Å². The summed E-state index contributed by atoms with van der Waals surface area (Å²) in [6.07, 6.45) is 5.33. The van der Waals surface area contributed by atoms with Crippen LogP contribution in [-0.4, -0.2) is 22.6 Å². The molecule has 0 spiro atoms. The van der Waals surface area contributed by atoms with Crippen LogP contribution in [0.3, 0.4) is 0 Å². The fraction of sp³-hybridized carbons (Fsp3) is 0.474. The molecule has 0 atom stereocenters. The molecular weight excluding hydrogens is 516 g/mol. The molecule has 0 saturated heterocycles. The normalized spacial score (nSPS) is 13.4. The first-order chi connectivity index (χ1) is 19.1. The van der Waals surface area contributed by atoms with Gasteiger partial charge in [-0.1, -0.05) is 95.2 Å². The molecular formula is C38H52N2O2. The maximum atomic E-state index is 11.1. The number of rotatable bonds is 6. The zero-order valence-corrected chi connectivity index (χ0v) is 28.0. The molecule has 0 unspecified atom stereocenters. The van der Waals surface area contributed by atoms with Crippen molar-refractivity contribution < 1.29 is 10.2 Å². The molecule has 0 radical (unpaired) electrons. The molecule has 2 N–H and O–H groups in total. The van der Waals surface area contributed by atoms with Crippen molar-refractivity contribution in [3.63, 3.8) is 0 Å². The van der Waals surface area contributed by atoms with Gasteiger partial charge in [-0.05, 0) is 82.0 Å². The molecule has 3 rings (SSSR count). The molecule has 0 fully saturated rings. The summed E-state index contributed by atoms with van der Waals surface area (Å²) >= 11 is 0. The molecule has 0 aliphatic rings. The van der Waals surface area contributed by atoms with Crippen LogP contribution < -0.4 is 0 Å². The number of benzene rings is 3. The van der Waals surface area contributed by atoms with E-state index in [0.717, 1.165) is 46.5 Å². The molecule has 226 valence electrons. The molecule has 0 amide bonds. The first-order valence-electron chi connectivity index (χ1n) is 15.0. The fourth-order valence-corrected chi connectivity index (χ4v) is 5.12. The highest BCUT2D eigenvalue weighted by Crippen LogP contribution is 2.37. The first kappa shape index (κ1) is 33.1. The van der Waals surface area contributed by atoms with Crippen LogP contribution in [0, 0.1) is 10.8 Å². The number of phenols is 2. The van der Waals surface area contributed by atoms with Crippen molar-refractivity contribution in [1.82, 2.24) is 0 Å². The third-order valence-corrected chi connectivity index (χ3v) is 7.04. The lowest BCUT2D eigenvalue weighted by molar-refractivity contribution is 0.408. The number of nitrogens with zero attached hydrogens (tertiary/aromatic N) is 2. The Balaban J connectivity index is 1.90. The zero-order valence-electron chi connectivity index (χ0n) is 28.0. The second kappa shape index (κ2) is 12.1. The highest BCUT2D eigenvalue weighted by molar-refractivity contribution is 5.88. The average molecular weight is 569 g/mol. The Labute approximate surface area is 254 Å². The van der Waals surface area contributed by atoms with Gasteiger partial charge in [-0.3, -0.25) is 9.98 Å². The highest BCUT2D eigenvalue weighted by Gasteiger charge is 2.24. The minimum Gasteiger partial charge on any atom is -0.507 e. The zero-order chi connectivity index (χ0) is 31.7. The summed E-state index contributed by atoms with van der Waals surface area (Å²) in [6.45, 7) is 26.1. The number of hydrogen-bond acceptors (Lipinski definition) is 4. The van der Waals surface area contributed by atoms with Crippen LogP contribution in [0.1, 0.15) is 116 Å². The SMILES string of the molecule is CC(C)(C)Cc1cc(C=Nc2ccc(N=Cc3cc(CC(C)(C)C)cc(C(C)(C)C)c3O)cc2)c(O)c(C(C)(C)C)c1. The number of hydrogen-bond donors (Lipinski definition) is 2. The van der Waals surface area contributed by atoms with Gasteiger partial charge in [0.1, 0.15) is 11.5 Å². The summed E-state index contributed by atoms with van der Waals surface area (Å²) in [5, 5.41) is 22.2. The molecule has 3 aromatic carbocycles. The minimum atomic E-state index is -0.186. The fourth-order valence-electron chi connectivity index (χ4n) is 5.12. The molecule has 0 saturated carbocycles. The van der Waals surface area contributed by atoms with Gasteiger partial charge in [-0.25, -0.2) is 0 Å². The van der Waals surface area contributed by atoms with E-state index < -0.39 is 0 Å². The van der Waals surface area contributed by atoms with Crippen molar-refractivity contribution in [2.45, 2.75) is 107 Å². The van der Waals surface area contributed by atoms with Gasteiger partial charge in [0.05, 0.1) is 11.4 Å². The summed E-state index contributed by atoms with van der Waals surface area (Å²) in [4.78, 5) is 9.36. The van der Waals surface area contributed by atoms with Crippen LogP contribution in [0.4, 0.5) is 11.4 Å². The summed E-state index contributed by atoms with van der Waals surface area (Å²) in [5.41, 5.74) is 7.15. The molecule has 4 heteroatoms. The van der Waals surface area contributed by atoms with Crippen LogP contribution in [0.5, 0.6) is 11.5 Å². The maximum Gasteiger partial charge on any atom is 0.128 e. The maximum absolute atomic E-state index is 11.1. The molecule has 0 aliphatic heterocycles. The lowest BCUT2D eigenvalue weighted by Crippen LogP contribution is -2.15. The number of phenolic OH excluding ortho intramolecular Hbond substituents is 2. The van der Waals surface area contributed by atoms with Gasteiger partial charge in [0, 0.05) is 34.7 Å². The van der Waals surface area contributed by atoms with Crippen molar-refractivity contribution in [2.24, 2.45) is 20.8 Å². The van der Waals surface area contributed by atoms with E-state index >= 15 is 0 Å². The monoisotopic (exact) mass is 568 g/mol. The topological polar surface area (TPSA) is 65.2 Å². The molecule has 4 nitrogen and oxygen atoms in total. The van der Waals surface area contributed by atoms with E-state index in [2.05, 4.69) is 105 Å². The first-order valence-corrected chi connectivity index (χ1v) is 15.0. The summed E-state index contributed by atoms with van der Waals surface area (Å²) in [7, 11) is 0. The van der Waals surface area contributed by atoms with E-state index in [1.54, 1.807) is 12.4 Å². The minimum absolute atomic E-state index is 0.135. The van der Waals surface area contributed by atoms with Gasteiger partial charge in [-0.2, -0.15) is 0 Å². The van der Waals surface area contributed by atoms with Crippen molar-refractivity contribution in [3.8, 4) is 11.5 Å². The molecule has 42 heavy (non-hydrogen) atoms. The second-order valence-corrected chi connectivity index (χ2v) is 16.2. The van der Waals surface area contributed by atoms with Crippen LogP contribution >= 0.6 is 0 Å². The van der Waals surface area contributed by atoms with E-state index in [4.69, 9.17) is 0 Å². The summed E-state index contributed by atoms with van der Waals surface area (Å²) in [5.74, 6) is 0.571. The smallest absolute Gasteiger partial charge is 0.128 e. The Bertz CT molecular complexity index is 1340. The number of aromatic hydroxyl groups is 2. The Hall–Kier alpha value is -3.40. The van der Waals surface area contributed by atoms with Gasteiger partial charge in [0.25, 0.3) is 0 Å². The second-order valence-electron chi connectivity index (χ2n) is 16.2. The Morgan fingerprint density at radius 1 is 0.524 bits per heavy atom. The van der Waals surface area contributed by atoms with Crippen LogP contribution in [0.15, 0.2) is 58.5 Å². The van der Waals surface area contributed by atoms with Crippen molar-refractivity contribution >= 4 is 23.8 Å². The van der Waals surface area contributed by atoms with Gasteiger partial charge < -0.3 is 10.2 Å². The van der Waals surface area contributed by atoms with Crippen molar-refractivity contribution in [1.29, 1.82) is 0 Å². The van der Waals surface area contributed by atoms with Gasteiger partial charge >= 0.3 is 0 Å². The molecule has 3 aromatic rings. The molecule has 0 aromatic heterocycles. The third kappa shape index (κ3) is 9.31. The van der Waals surface area contributed by atoms with Crippen molar-refractivity contribution in [3.05, 3.63) is 81.9 Å². The van der Waals surface area contributed by atoms with Crippen LogP contribution in [0.2, 0.25) is 0 Å². The van der Waals surface area contributed by atoms with E-state index in [0.29, 0.717) is 0 Å². The van der Waals surface area contributed by atoms with Crippen LogP contribution in [-0.2, 0) is 23.7 Å². The summed E-state index contributed by atoms with van der Waals surface area (Å²) in [6, 6.07) is 16.0. The Kier molecular flexibility index (Phi) is 9.51. The predicted molar refractivity (Wildman–Crippen MR) is 181 cm³/mol. The average Bonchev–Trinajstić information content (AvgIpc) is 2.81. The predicted octanol–water partition coefficient (Wildman–Crippen LogP) is 10.4. The molecule has 0 aliphatic carbocycles. The number of aliphatic imine (C=N–C) groups is 2. The molecule has 0 bridgehead atoms. The van der Waals surface area contributed by atoms with E-state index in [1.807, 2.05) is 36.4 Å². The van der Waals surface area contributed by atoms with E-state index in [1.165, 1.54) is 11.1 Å². The largest absolute Gasteiger partial charge is 0.507 e. The summed E-state index contributed by atoms with van der Waals surface area (Å²) < 4.78 is 0. The quantitative estimate of drug-likeness (QED) is 0.291. The highest BCUT2D eigenvalue weighted by atomic mass is 16.3. The van der Waals surface area contributed by atoms with E-state index in [-0.39, 0.29) is 33.2 Å². The Morgan fingerprint density at radius 3 is 1.10 bits per heavy atom. The van der Waals surface area contributed by atoms with Gasteiger partial charge in [0.15, 0.2) is 0 Å². The van der Waals surface area contributed by atoms with Gasteiger partial charge in [0.2, 0.25) is 0 Å². The Morgan fingerprint density at radius 2 is 0.833 bits per heavy atom. The molecule has 0 heterocycles. The van der Waals surface area contributed by atoms with Crippen molar-refractivity contribution in [2.75, 3.05) is 0 Å². The lowest BCUT2D eigenvalue weighted by Gasteiger charge is -2.25. The van der Waals surface area contributed by atoms with E-state index in [9.17, 15) is 10.2 Å². The standard InChI is InChI=1S/C38H52N2O2/c1-35(2,3)21-25-17-27(33(41)31(19-25)37(7,8)9)23-39-29-13-15-30(16-14-29)40-24-28-18-26(22-36(4,5)6)20-32(34(28)42)38(10,11)12/h13-20,23-24,41-42H,21-22H2,1-12H3. The third-order valence-electron chi connectivity index (χ3n) is 7.04. The lowest BCUT2D eigenvalue weighted by atomic mass is 9.81.